The fourth-order valence-corrected chi connectivity index (χ4v) is 7.10. The summed E-state index contributed by atoms with van der Waals surface area (Å²) < 4.78 is 0. The number of rotatable bonds is 4. The van der Waals surface area contributed by atoms with Crippen LogP contribution in [-0.4, -0.2) is 23.1 Å². The van der Waals surface area contributed by atoms with Crippen LogP contribution in [0, 0.1) is 0 Å². The van der Waals surface area contributed by atoms with Gasteiger partial charge < -0.3 is 0 Å². The van der Waals surface area contributed by atoms with Crippen LogP contribution < -0.4 is 0 Å². The lowest BCUT2D eigenvalue weighted by atomic mass is 10.0. The molecule has 0 saturated carbocycles. The number of benzene rings is 3. The highest BCUT2D eigenvalue weighted by atomic mass is 32.1. The van der Waals surface area contributed by atoms with Crippen molar-refractivity contribution < 1.29 is 19.2 Å². The van der Waals surface area contributed by atoms with Gasteiger partial charge in [0.25, 0.3) is 0 Å². The van der Waals surface area contributed by atoms with Gasteiger partial charge in [0, 0.05) is 41.8 Å². The fourth-order valence-electron chi connectivity index (χ4n) is 5.05. The monoisotopic (exact) mass is 554 g/mol. The van der Waals surface area contributed by atoms with Crippen molar-refractivity contribution in [1.29, 1.82) is 0 Å². The third-order valence-corrected chi connectivity index (χ3v) is 9.44. The highest BCUT2D eigenvalue weighted by Gasteiger charge is 2.33. The van der Waals surface area contributed by atoms with Gasteiger partial charge in [-0.2, -0.15) is 0 Å². The van der Waals surface area contributed by atoms with E-state index < -0.39 is 0 Å². The molecule has 0 amide bonds. The molecule has 4 nitrogen and oxygen atoms in total. The van der Waals surface area contributed by atoms with Gasteiger partial charge in [0.2, 0.25) is 0 Å². The molecule has 0 bridgehead atoms. The zero-order valence-electron chi connectivity index (χ0n) is 20.8. The number of hydrogen-bond donors (Lipinski definition) is 0. The molecule has 0 atom stereocenters. The number of Topliss-reactive ketones (excluding diaryl/α,β-unsaturated/α-hetero) is 4. The molecule has 190 valence electrons. The highest BCUT2D eigenvalue weighted by molar-refractivity contribution is 7.24. The second-order valence-electron chi connectivity index (χ2n) is 9.51. The van der Waals surface area contributed by atoms with E-state index >= 15 is 0 Å². The summed E-state index contributed by atoms with van der Waals surface area (Å²) in [5.74, 6) is -0.909. The molecule has 6 heteroatoms. The lowest BCUT2D eigenvalue weighted by Crippen LogP contribution is -2.00. The van der Waals surface area contributed by atoms with Gasteiger partial charge in [-0.3, -0.25) is 19.2 Å². The maximum Gasteiger partial charge on any atom is 0.197 e. The van der Waals surface area contributed by atoms with Crippen molar-refractivity contribution in [3.8, 4) is 20.2 Å². The Balaban J connectivity index is 1.10. The Morgan fingerprint density at radius 1 is 0.425 bits per heavy atom. The van der Waals surface area contributed by atoms with Gasteiger partial charge in [-0.15, -0.1) is 22.7 Å². The van der Waals surface area contributed by atoms with E-state index in [2.05, 4.69) is 12.1 Å². The average molecular weight is 555 g/mol. The Hall–Kier alpha value is -4.78. The maximum atomic E-state index is 12.7. The molecular formula is C34H18O4S2. The van der Waals surface area contributed by atoms with Gasteiger partial charge >= 0.3 is 0 Å². The quantitative estimate of drug-likeness (QED) is 0.166. The summed E-state index contributed by atoms with van der Waals surface area (Å²) >= 11 is 3.19. The summed E-state index contributed by atoms with van der Waals surface area (Å²) in [6.45, 7) is 0. The molecule has 0 spiro atoms. The van der Waals surface area contributed by atoms with E-state index in [0.29, 0.717) is 22.3 Å². The molecule has 0 unspecified atom stereocenters. The number of thiophene rings is 2. The zero-order valence-corrected chi connectivity index (χ0v) is 22.5. The molecule has 0 saturated heterocycles. The van der Waals surface area contributed by atoms with Crippen molar-refractivity contribution >= 4 is 58.0 Å². The zero-order chi connectivity index (χ0) is 27.4. The van der Waals surface area contributed by atoms with Crippen LogP contribution in [-0.2, 0) is 0 Å². The molecule has 0 N–H and O–H groups in total. The minimum Gasteiger partial charge on any atom is -0.288 e. The van der Waals surface area contributed by atoms with Crippen molar-refractivity contribution in [2.75, 3.05) is 0 Å². The van der Waals surface area contributed by atoms with E-state index in [-0.39, 0.29) is 34.3 Å². The van der Waals surface area contributed by atoms with E-state index in [1.165, 1.54) is 11.3 Å². The summed E-state index contributed by atoms with van der Waals surface area (Å²) in [7, 11) is 0. The van der Waals surface area contributed by atoms with E-state index in [1.54, 1.807) is 72.0 Å². The lowest BCUT2D eigenvalue weighted by molar-refractivity contribution is 0.0975. The first-order valence-corrected chi connectivity index (χ1v) is 14.2. The van der Waals surface area contributed by atoms with Crippen LogP contribution in [0.5, 0.6) is 0 Å². The second kappa shape index (κ2) is 9.45. The molecule has 40 heavy (non-hydrogen) atoms. The third-order valence-electron chi connectivity index (χ3n) is 7.08. The standard InChI is InChI=1S/C34H18O4S2/c35-31-22-5-1-2-6-23(22)32(36)26(31)17-19-9-11-20(12-10-19)28-15-16-30(40-28)29-14-13-21(39-29)18-27-33(37)24-7-3-4-8-25(24)34(27)38/h1-18H. The average Bonchev–Trinajstić information content (AvgIpc) is 3.76. The highest BCUT2D eigenvalue weighted by Crippen LogP contribution is 2.39. The van der Waals surface area contributed by atoms with Crippen molar-refractivity contribution in [1.82, 2.24) is 0 Å². The summed E-state index contributed by atoms with van der Waals surface area (Å²) in [4.78, 5) is 54.9. The maximum absolute atomic E-state index is 12.7. The molecule has 2 aromatic heterocycles. The van der Waals surface area contributed by atoms with Crippen molar-refractivity contribution in [3.63, 3.8) is 0 Å². The number of ketones is 4. The van der Waals surface area contributed by atoms with Gasteiger partial charge in [-0.1, -0.05) is 72.8 Å². The molecular weight excluding hydrogens is 537 g/mol. The SMILES string of the molecule is O=C1C(=Cc2ccc(-c3ccc(-c4ccc(C=C5C(=O)c6ccccc6C5=O)s4)s3)cc2)C(=O)c2ccccc21. The summed E-state index contributed by atoms with van der Waals surface area (Å²) in [5, 5.41) is 0. The molecule has 3 aromatic carbocycles. The Labute approximate surface area is 237 Å². The van der Waals surface area contributed by atoms with Crippen LogP contribution in [0.25, 0.3) is 32.3 Å². The predicted octanol–water partition coefficient (Wildman–Crippen LogP) is 8.07. The van der Waals surface area contributed by atoms with Crippen LogP contribution in [0.2, 0.25) is 0 Å². The number of carbonyl (C=O) groups is 4. The normalized spacial score (nSPS) is 14.1. The topological polar surface area (TPSA) is 68.3 Å². The van der Waals surface area contributed by atoms with Gasteiger partial charge in [0.05, 0.1) is 11.1 Å². The van der Waals surface area contributed by atoms with Crippen molar-refractivity contribution in [2.45, 2.75) is 0 Å². The Bertz CT molecular complexity index is 1890. The van der Waals surface area contributed by atoms with Gasteiger partial charge in [0.15, 0.2) is 23.1 Å². The van der Waals surface area contributed by atoms with Crippen LogP contribution in [0.4, 0.5) is 0 Å². The van der Waals surface area contributed by atoms with Gasteiger partial charge in [-0.25, -0.2) is 0 Å². The lowest BCUT2D eigenvalue weighted by Gasteiger charge is -2.00. The van der Waals surface area contributed by atoms with Crippen LogP contribution in [0.15, 0.2) is 108 Å². The largest absolute Gasteiger partial charge is 0.288 e. The molecule has 2 heterocycles. The number of carbonyl (C=O) groups excluding carboxylic acids is 4. The molecule has 0 aliphatic heterocycles. The third kappa shape index (κ3) is 3.97. The minimum absolute atomic E-state index is 0.195. The van der Waals surface area contributed by atoms with Crippen LogP contribution >= 0.6 is 22.7 Å². The minimum atomic E-state index is -0.232. The van der Waals surface area contributed by atoms with E-state index in [0.717, 1.165) is 30.6 Å². The van der Waals surface area contributed by atoms with E-state index in [9.17, 15) is 19.2 Å². The Morgan fingerprint density at radius 2 is 0.875 bits per heavy atom. The Kier molecular flexibility index (Phi) is 5.73. The van der Waals surface area contributed by atoms with Gasteiger partial charge in [-0.05, 0) is 47.5 Å². The molecule has 0 radical (unpaired) electrons. The first kappa shape index (κ1) is 24.3. The smallest absolute Gasteiger partial charge is 0.197 e. The summed E-state index contributed by atoms with van der Waals surface area (Å²) in [6.07, 6.45) is 3.35. The molecule has 5 aromatic rings. The van der Waals surface area contributed by atoms with E-state index in [4.69, 9.17) is 0 Å². The molecule has 7 rings (SSSR count). The fraction of sp³-hybridized carbons (Fsp3) is 0. The van der Waals surface area contributed by atoms with Gasteiger partial charge in [0.1, 0.15) is 0 Å². The summed E-state index contributed by atoms with van der Waals surface area (Å²) in [5.41, 5.74) is 4.08. The first-order chi connectivity index (χ1) is 19.5. The van der Waals surface area contributed by atoms with Crippen LogP contribution in [0.3, 0.4) is 0 Å². The van der Waals surface area contributed by atoms with Crippen molar-refractivity contribution in [2.24, 2.45) is 0 Å². The molecule has 2 aliphatic rings. The number of fused-ring (bicyclic) bond motifs is 2. The number of hydrogen-bond acceptors (Lipinski definition) is 6. The summed E-state index contributed by atoms with van der Waals surface area (Å²) in [6, 6.07) is 29.7. The Morgan fingerprint density at radius 3 is 1.43 bits per heavy atom. The predicted molar refractivity (Wildman–Crippen MR) is 159 cm³/mol. The second-order valence-corrected chi connectivity index (χ2v) is 11.7. The first-order valence-electron chi connectivity index (χ1n) is 12.6. The molecule has 0 fully saturated rings. The van der Waals surface area contributed by atoms with Crippen LogP contribution in [0.1, 0.15) is 51.9 Å². The van der Waals surface area contributed by atoms with E-state index in [1.807, 2.05) is 36.4 Å². The number of allylic oxidation sites excluding steroid dienone is 2. The molecule has 2 aliphatic carbocycles. The van der Waals surface area contributed by atoms with Crippen molar-refractivity contribution in [3.05, 3.63) is 141 Å².